The minimum Gasteiger partial charge on any atom is -0.467 e. The van der Waals surface area contributed by atoms with Crippen molar-refractivity contribution in [3.8, 4) is 6.01 Å². The lowest BCUT2D eigenvalue weighted by atomic mass is 10.4. The van der Waals surface area contributed by atoms with Crippen molar-refractivity contribution < 1.29 is 4.74 Å². The van der Waals surface area contributed by atoms with Crippen molar-refractivity contribution in [1.29, 1.82) is 0 Å². The number of hydrogen-bond donors (Lipinski definition) is 2. The molecule has 2 rings (SSSR count). The normalized spacial score (nSPS) is 10.3. The Morgan fingerprint density at radius 3 is 2.79 bits per heavy atom. The number of methoxy groups -OCH3 is 1. The maximum absolute atomic E-state index is 5.32. The molecule has 0 aliphatic carbocycles. The van der Waals surface area contributed by atoms with E-state index in [-0.39, 0.29) is 12.0 Å². The lowest BCUT2D eigenvalue weighted by molar-refractivity contribution is 0.379. The molecule has 2 aromatic heterocycles. The van der Waals surface area contributed by atoms with Gasteiger partial charge in [-0.05, 0) is 6.92 Å². The van der Waals surface area contributed by atoms with E-state index in [1.807, 2.05) is 24.4 Å². The van der Waals surface area contributed by atoms with Crippen LogP contribution >= 0.6 is 11.3 Å². The molecule has 102 valence electrons. The van der Waals surface area contributed by atoms with Gasteiger partial charge in [0.1, 0.15) is 0 Å². The second-order valence-corrected chi connectivity index (χ2v) is 4.75. The summed E-state index contributed by atoms with van der Waals surface area (Å²) in [6.45, 7) is 2.63. The Morgan fingerprint density at radius 1 is 1.42 bits per heavy atom. The third-order valence-corrected chi connectivity index (χ3v) is 3.40. The number of nitrogen functional groups attached to an aromatic ring is 1. The maximum Gasteiger partial charge on any atom is 0.322 e. The molecule has 0 aromatic carbocycles. The molecule has 0 saturated carbocycles. The Labute approximate surface area is 114 Å². The largest absolute Gasteiger partial charge is 0.467 e. The van der Waals surface area contributed by atoms with E-state index in [2.05, 4.69) is 25.4 Å². The molecule has 2 aromatic rings. The fourth-order valence-electron chi connectivity index (χ4n) is 1.44. The van der Waals surface area contributed by atoms with E-state index in [9.17, 15) is 0 Å². The predicted octanol–water partition coefficient (Wildman–Crippen LogP) is 0.567. The first-order chi connectivity index (χ1) is 9.13. The summed E-state index contributed by atoms with van der Waals surface area (Å²) in [5.74, 6) is 6.06. The average molecular weight is 281 g/mol. The number of nitrogens with one attached hydrogen (secondary N) is 1. The van der Waals surface area contributed by atoms with Crippen molar-refractivity contribution in [3.63, 3.8) is 0 Å². The summed E-state index contributed by atoms with van der Waals surface area (Å²) < 4.78 is 5.01. The first kappa shape index (κ1) is 13.4. The molecule has 8 nitrogen and oxygen atoms in total. The van der Waals surface area contributed by atoms with Gasteiger partial charge in [-0.1, -0.05) is 0 Å². The predicted molar refractivity (Wildman–Crippen MR) is 73.1 cm³/mol. The summed E-state index contributed by atoms with van der Waals surface area (Å²) in [7, 11) is 3.38. The zero-order valence-corrected chi connectivity index (χ0v) is 11.7. The Hall–Kier alpha value is -2.00. The number of anilines is 2. The van der Waals surface area contributed by atoms with Crippen LogP contribution in [0.15, 0.2) is 5.51 Å². The molecule has 0 bridgehead atoms. The van der Waals surface area contributed by atoms with E-state index < -0.39 is 0 Å². The molecular formula is C10H15N7OS. The molecule has 0 radical (unpaired) electrons. The molecule has 0 fully saturated rings. The summed E-state index contributed by atoms with van der Waals surface area (Å²) in [6, 6.07) is 0.214. The smallest absolute Gasteiger partial charge is 0.322 e. The molecule has 0 spiro atoms. The van der Waals surface area contributed by atoms with Crippen molar-refractivity contribution in [2.24, 2.45) is 5.84 Å². The highest BCUT2D eigenvalue weighted by Gasteiger charge is 2.12. The second-order valence-electron chi connectivity index (χ2n) is 3.81. The van der Waals surface area contributed by atoms with Gasteiger partial charge in [0.2, 0.25) is 11.9 Å². The van der Waals surface area contributed by atoms with Crippen molar-refractivity contribution in [3.05, 3.63) is 16.1 Å². The third kappa shape index (κ3) is 3.06. The van der Waals surface area contributed by atoms with E-state index in [1.165, 1.54) is 7.11 Å². The number of hydrazine groups is 1. The minimum atomic E-state index is 0.214. The van der Waals surface area contributed by atoms with E-state index >= 15 is 0 Å². The molecule has 0 atom stereocenters. The topological polar surface area (TPSA) is 102 Å². The van der Waals surface area contributed by atoms with Gasteiger partial charge >= 0.3 is 6.01 Å². The van der Waals surface area contributed by atoms with Crippen molar-refractivity contribution in [2.45, 2.75) is 13.5 Å². The van der Waals surface area contributed by atoms with Gasteiger partial charge in [-0.15, -0.1) is 11.3 Å². The summed E-state index contributed by atoms with van der Waals surface area (Å²) in [6.07, 6.45) is 0. The molecule has 9 heteroatoms. The second kappa shape index (κ2) is 5.76. The van der Waals surface area contributed by atoms with Gasteiger partial charge in [0.15, 0.2) is 0 Å². The number of aryl methyl sites for hydroxylation is 1. The summed E-state index contributed by atoms with van der Waals surface area (Å²) in [5.41, 5.74) is 5.22. The van der Waals surface area contributed by atoms with Crippen LogP contribution in [-0.2, 0) is 6.54 Å². The van der Waals surface area contributed by atoms with Crippen molar-refractivity contribution in [2.75, 3.05) is 24.5 Å². The number of nitrogens with zero attached hydrogens (tertiary/aromatic N) is 5. The van der Waals surface area contributed by atoms with Gasteiger partial charge in [-0.2, -0.15) is 15.0 Å². The van der Waals surface area contributed by atoms with Crippen LogP contribution in [0.25, 0.3) is 0 Å². The SMILES string of the molecule is COc1nc(NN)nc(N(C)Cc2scnc2C)n1. The van der Waals surface area contributed by atoms with Crippen LogP contribution in [0.1, 0.15) is 10.6 Å². The fourth-order valence-corrected chi connectivity index (χ4v) is 2.27. The van der Waals surface area contributed by atoms with Crippen LogP contribution in [0.3, 0.4) is 0 Å². The number of nitrogens with two attached hydrogens (primary N) is 1. The molecule has 0 unspecified atom stereocenters. The molecule has 0 saturated heterocycles. The first-order valence-electron chi connectivity index (χ1n) is 5.50. The lowest BCUT2D eigenvalue weighted by Crippen LogP contribution is -2.21. The lowest BCUT2D eigenvalue weighted by Gasteiger charge is -2.17. The number of hydrogen-bond acceptors (Lipinski definition) is 9. The van der Waals surface area contributed by atoms with Crippen LogP contribution in [0.5, 0.6) is 6.01 Å². The highest BCUT2D eigenvalue weighted by atomic mass is 32.1. The zero-order chi connectivity index (χ0) is 13.8. The van der Waals surface area contributed by atoms with Gasteiger partial charge < -0.3 is 9.64 Å². The van der Waals surface area contributed by atoms with Crippen molar-refractivity contribution >= 4 is 23.2 Å². The van der Waals surface area contributed by atoms with Crippen LogP contribution in [0, 0.1) is 6.92 Å². The van der Waals surface area contributed by atoms with Crippen LogP contribution < -0.4 is 20.9 Å². The molecule has 0 amide bonds. The summed E-state index contributed by atoms with van der Waals surface area (Å²) in [5, 5.41) is 0. The number of ether oxygens (including phenoxy) is 1. The van der Waals surface area contributed by atoms with Gasteiger partial charge in [-0.25, -0.2) is 10.8 Å². The molecule has 0 aliphatic rings. The fraction of sp³-hybridized carbons (Fsp3) is 0.400. The molecule has 0 aliphatic heterocycles. The van der Waals surface area contributed by atoms with Crippen LogP contribution in [-0.4, -0.2) is 34.1 Å². The maximum atomic E-state index is 5.32. The van der Waals surface area contributed by atoms with E-state index in [0.717, 1.165) is 10.6 Å². The molecular weight excluding hydrogens is 266 g/mol. The summed E-state index contributed by atoms with van der Waals surface area (Å²) in [4.78, 5) is 19.6. The highest BCUT2D eigenvalue weighted by molar-refractivity contribution is 7.09. The Morgan fingerprint density at radius 2 is 2.21 bits per heavy atom. The molecule has 2 heterocycles. The van der Waals surface area contributed by atoms with Gasteiger partial charge in [0.25, 0.3) is 0 Å². The number of aromatic nitrogens is 4. The third-order valence-electron chi connectivity index (χ3n) is 2.48. The molecule has 3 N–H and O–H groups in total. The van der Waals surface area contributed by atoms with Gasteiger partial charge in [-0.3, -0.25) is 5.43 Å². The zero-order valence-electron chi connectivity index (χ0n) is 10.9. The van der Waals surface area contributed by atoms with Gasteiger partial charge in [0, 0.05) is 11.9 Å². The Bertz CT molecular complexity index is 536. The standard InChI is InChI=1S/C10H15N7OS/c1-6-7(19-5-12-6)4-17(2)9-13-8(16-11)14-10(15-9)18-3/h5H,4,11H2,1-3H3,(H,13,14,15,16). The monoisotopic (exact) mass is 281 g/mol. The average Bonchev–Trinajstić information content (AvgIpc) is 2.83. The Balaban J connectivity index is 2.23. The quantitative estimate of drug-likeness (QED) is 0.605. The van der Waals surface area contributed by atoms with Crippen LogP contribution in [0.4, 0.5) is 11.9 Å². The van der Waals surface area contributed by atoms with E-state index in [0.29, 0.717) is 12.5 Å². The highest BCUT2D eigenvalue weighted by Crippen LogP contribution is 2.19. The van der Waals surface area contributed by atoms with Crippen LogP contribution in [0.2, 0.25) is 0 Å². The van der Waals surface area contributed by atoms with E-state index in [1.54, 1.807) is 11.3 Å². The Kier molecular flexibility index (Phi) is 4.07. The minimum absolute atomic E-state index is 0.214. The van der Waals surface area contributed by atoms with E-state index in [4.69, 9.17) is 10.6 Å². The number of rotatable bonds is 5. The summed E-state index contributed by atoms with van der Waals surface area (Å²) >= 11 is 1.60. The van der Waals surface area contributed by atoms with Crippen molar-refractivity contribution in [1.82, 2.24) is 19.9 Å². The molecule has 19 heavy (non-hydrogen) atoms. The first-order valence-corrected chi connectivity index (χ1v) is 6.38. The number of thiazole rings is 1. The van der Waals surface area contributed by atoms with Gasteiger partial charge in [0.05, 0.1) is 24.9 Å².